The number of benzene rings is 3. The van der Waals surface area contributed by atoms with E-state index in [-0.39, 0.29) is 16.4 Å². The van der Waals surface area contributed by atoms with Gasteiger partial charge in [-0.25, -0.2) is 8.42 Å². The molecule has 4 rings (SSSR count). The molecule has 190 valence electrons. The Morgan fingerprint density at radius 2 is 1.53 bits per heavy atom. The normalized spacial score (nSPS) is 14.6. The number of anilines is 1. The van der Waals surface area contributed by atoms with Gasteiger partial charge in [0.05, 0.1) is 17.6 Å². The van der Waals surface area contributed by atoms with Crippen LogP contribution in [0.25, 0.3) is 11.1 Å². The van der Waals surface area contributed by atoms with Crippen molar-refractivity contribution in [2.24, 2.45) is 0 Å². The molecule has 10 heteroatoms. The Morgan fingerprint density at radius 1 is 0.889 bits per heavy atom. The molecule has 0 aliphatic carbocycles. The molecule has 0 unspecified atom stereocenters. The maximum atomic E-state index is 13.6. The maximum Gasteiger partial charge on any atom is 0.416 e. The van der Waals surface area contributed by atoms with Crippen LogP contribution in [0.5, 0.6) is 5.75 Å². The molecule has 0 spiro atoms. The van der Waals surface area contributed by atoms with E-state index in [9.17, 15) is 26.4 Å². The van der Waals surface area contributed by atoms with Gasteiger partial charge in [0.1, 0.15) is 5.75 Å². The molecule has 1 saturated heterocycles. The lowest BCUT2D eigenvalue weighted by Gasteiger charge is -2.36. The van der Waals surface area contributed by atoms with Crippen LogP contribution in [0.1, 0.15) is 15.9 Å². The average Bonchev–Trinajstić information content (AvgIpc) is 2.87. The maximum absolute atomic E-state index is 13.6. The summed E-state index contributed by atoms with van der Waals surface area (Å²) >= 11 is 0. The standard InChI is InChI=1S/C26H25F3N2O4S/c1-35-24-6-4-3-5-22(24)21-12-11-20(36(2,33)34)17-23(21)25(32)31-15-13-30(14-16-31)19-9-7-18(8-10-19)26(27,28)29/h3-12,17H,13-16H2,1-2H3. The number of hydrogen-bond acceptors (Lipinski definition) is 5. The Kier molecular flexibility index (Phi) is 6.99. The van der Waals surface area contributed by atoms with Gasteiger partial charge < -0.3 is 14.5 Å². The van der Waals surface area contributed by atoms with Crippen LogP contribution in [0.2, 0.25) is 0 Å². The van der Waals surface area contributed by atoms with Crippen LogP contribution >= 0.6 is 0 Å². The van der Waals surface area contributed by atoms with Crippen molar-refractivity contribution in [3.05, 3.63) is 77.9 Å². The van der Waals surface area contributed by atoms with E-state index in [1.165, 1.54) is 31.4 Å². The number of amides is 1. The highest BCUT2D eigenvalue weighted by Crippen LogP contribution is 2.35. The molecule has 0 N–H and O–H groups in total. The Labute approximate surface area is 207 Å². The van der Waals surface area contributed by atoms with Gasteiger partial charge in [0, 0.05) is 49.2 Å². The van der Waals surface area contributed by atoms with Crippen molar-refractivity contribution < 1.29 is 31.1 Å². The molecule has 1 amide bonds. The topological polar surface area (TPSA) is 66.9 Å². The summed E-state index contributed by atoms with van der Waals surface area (Å²) in [4.78, 5) is 17.2. The average molecular weight is 519 g/mol. The summed E-state index contributed by atoms with van der Waals surface area (Å²) in [6.45, 7) is 1.50. The lowest BCUT2D eigenvalue weighted by Crippen LogP contribution is -2.49. The van der Waals surface area contributed by atoms with E-state index >= 15 is 0 Å². The molecular formula is C26H25F3N2O4S. The Bertz CT molecular complexity index is 1360. The zero-order valence-electron chi connectivity index (χ0n) is 19.7. The largest absolute Gasteiger partial charge is 0.496 e. The fraction of sp³-hybridized carbons (Fsp3) is 0.269. The molecular weight excluding hydrogens is 493 g/mol. The van der Waals surface area contributed by atoms with Gasteiger partial charge in [0.15, 0.2) is 9.84 Å². The highest BCUT2D eigenvalue weighted by Gasteiger charge is 2.31. The fourth-order valence-electron chi connectivity index (χ4n) is 4.23. The van der Waals surface area contributed by atoms with E-state index in [0.29, 0.717) is 48.7 Å². The summed E-state index contributed by atoms with van der Waals surface area (Å²) in [5, 5.41) is 0. The third kappa shape index (κ3) is 5.33. The second-order valence-electron chi connectivity index (χ2n) is 8.50. The minimum Gasteiger partial charge on any atom is -0.496 e. The van der Waals surface area contributed by atoms with Crippen molar-refractivity contribution in [2.75, 3.05) is 44.4 Å². The number of rotatable bonds is 5. The first-order valence-electron chi connectivity index (χ1n) is 11.2. The molecule has 0 saturated carbocycles. The van der Waals surface area contributed by atoms with Gasteiger partial charge in [-0.3, -0.25) is 4.79 Å². The highest BCUT2D eigenvalue weighted by molar-refractivity contribution is 7.90. The smallest absolute Gasteiger partial charge is 0.416 e. The lowest BCUT2D eigenvalue weighted by molar-refractivity contribution is -0.137. The molecule has 1 aliphatic rings. The van der Waals surface area contributed by atoms with E-state index in [2.05, 4.69) is 0 Å². The number of ether oxygens (including phenoxy) is 1. The molecule has 6 nitrogen and oxygen atoms in total. The van der Waals surface area contributed by atoms with Crippen LogP contribution in [-0.2, 0) is 16.0 Å². The van der Waals surface area contributed by atoms with Gasteiger partial charge in [0.25, 0.3) is 5.91 Å². The van der Waals surface area contributed by atoms with Gasteiger partial charge in [-0.15, -0.1) is 0 Å². The molecule has 3 aromatic rings. The molecule has 1 aliphatic heterocycles. The lowest BCUT2D eigenvalue weighted by atomic mass is 9.97. The third-order valence-electron chi connectivity index (χ3n) is 6.17. The summed E-state index contributed by atoms with van der Waals surface area (Å²) in [6, 6.07) is 16.6. The first-order chi connectivity index (χ1) is 17.0. The van der Waals surface area contributed by atoms with Gasteiger partial charge >= 0.3 is 6.18 Å². The Hall–Kier alpha value is -3.53. The van der Waals surface area contributed by atoms with Gasteiger partial charge in [-0.1, -0.05) is 24.3 Å². The molecule has 0 bridgehead atoms. The molecule has 0 aromatic heterocycles. The van der Waals surface area contributed by atoms with Crippen molar-refractivity contribution in [3.63, 3.8) is 0 Å². The Morgan fingerprint density at radius 3 is 2.11 bits per heavy atom. The van der Waals surface area contributed by atoms with Crippen LogP contribution in [0.15, 0.2) is 71.6 Å². The van der Waals surface area contributed by atoms with Crippen molar-refractivity contribution in [3.8, 4) is 16.9 Å². The van der Waals surface area contributed by atoms with Crippen LogP contribution in [0.4, 0.5) is 18.9 Å². The third-order valence-corrected chi connectivity index (χ3v) is 7.28. The predicted octanol–water partition coefficient (Wildman–Crippen LogP) is 4.75. The summed E-state index contributed by atoms with van der Waals surface area (Å²) in [5.41, 5.74) is 1.38. The van der Waals surface area contributed by atoms with Crippen molar-refractivity contribution in [1.29, 1.82) is 0 Å². The zero-order chi connectivity index (χ0) is 26.1. The number of carbonyl (C=O) groups is 1. The van der Waals surface area contributed by atoms with Gasteiger partial charge in [-0.05, 0) is 48.0 Å². The predicted molar refractivity (Wildman–Crippen MR) is 131 cm³/mol. The minimum absolute atomic E-state index is 0.0351. The van der Waals surface area contributed by atoms with Crippen molar-refractivity contribution in [1.82, 2.24) is 4.90 Å². The monoisotopic (exact) mass is 518 g/mol. The van der Waals surface area contributed by atoms with E-state index in [4.69, 9.17) is 4.74 Å². The number of para-hydroxylation sites is 1. The number of alkyl halides is 3. The number of sulfone groups is 1. The summed E-state index contributed by atoms with van der Waals surface area (Å²) in [5.74, 6) is 0.222. The first kappa shape index (κ1) is 25.6. The van der Waals surface area contributed by atoms with Crippen LogP contribution < -0.4 is 9.64 Å². The number of carbonyl (C=O) groups excluding carboxylic acids is 1. The minimum atomic E-state index is -4.40. The quantitative estimate of drug-likeness (QED) is 0.488. The van der Waals surface area contributed by atoms with Crippen molar-refractivity contribution >= 4 is 21.4 Å². The zero-order valence-corrected chi connectivity index (χ0v) is 20.6. The summed E-state index contributed by atoms with van der Waals surface area (Å²) in [7, 11) is -2.03. The second-order valence-corrected chi connectivity index (χ2v) is 10.5. The summed E-state index contributed by atoms with van der Waals surface area (Å²) in [6.07, 6.45) is -3.31. The SMILES string of the molecule is COc1ccccc1-c1ccc(S(C)(=O)=O)cc1C(=O)N1CCN(c2ccc(C(F)(F)F)cc2)CC1. The number of nitrogens with zero attached hydrogens (tertiary/aromatic N) is 2. The van der Waals surface area contributed by atoms with Crippen LogP contribution in [-0.4, -0.2) is 58.8 Å². The number of hydrogen-bond donors (Lipinski definition) is 0. The number of piperazine rings is 1. The first-order valence-corrected chi connectivity index (χ1v) is 13.1. The number of halogens is 3. The molecule has 0 radical (unpaired) electrons. The molecule has 1 heterocycles. The fourth-order valence-corrected chi connectivity index (χ4v) is 4.88. The summed E-state index contributed by atoms with van der Waals surface area (Å²) < 4.78 is 68.5. The second kappa shape index (κ2) is 9.85. The Balaban J connectivity index is 1.60. The van der Waals surface area contributed by atoms with Gasteiger partial charge in [0.2, 0.25) is 0 Å². The number of methoxy groups -OCH3 is 1. The van der Waals surface area contributed by atoms with Crippen LogP contribution in [0, 0.1) is 0 Å². The molecule has 3 aromatic carbocycles. The van der Waals surface area contributed by atoms with E-state index in [1.807, 2.05) is 4.90 Å². The van der Waals surface area contributed by atoms with Gasteiger partial charge in [-0.2, -0.15) is 13.2 Å². The molecule has 1 fully saturated rings. The van der Waals surface area contributed by atoms with Crippen molar-refractivity contribution in [2.45, 2.75) is 11.1 Å². The van der Waals surface area contributed by atoms with Crippen LogP contribution in [0.3, 0.4) is 0 Å². The van der Waals surface area contributed by atoms with E-state index in [1.54, 1.807) is 35.2 Å². The van der Waals surface area contributed by atoms with E-state index in [0.717, 1.165) is 18.4 Å². The molecule has 36 heavy (non-hydrogen) atoms. The van der Waals surface area contributed by atoms with E-state index < -0.39 is 21.6 Å². The highest BCUT2D eigenvalue weighted by atomic mass is 32.2. The molecule has 0 atom stereocenters.